The van der Waals surface area contributed by atoms with Crippen LogP contribution in [0.25, 0.3) is 0 Å². The van der Waals surface area contributed by atoms with Gasteiger partial charge in [0.1, 0.15) is 5.75 Å². The molecule has 3 nitrogen and oxygen atoms in total. The van der Waals surface area contributed by atoms with Crippen LogP contribution >= 0.6 is 79.6 Å². The minimum absolute atomic E-state index is 0.164. The molecule has 0 saturated heterocycles. The molecule has 0 bridgehead atoms. The second-order valence-electron chi connectivity index (χ2n) is 3.00. The van der Waals surface area contributed by atoms with E-state index < -0.39 is 5.97 Å². The van der Waals surface area contributed by atoms with Gasteiger partial charge in [-0.05, 0) is 86.6 Å². The van der Waals surface area contributed by atoms with Gasteiger partial charge < -0.3 is 10.2 Å². The Labute approximate surface area is 146 Å². The third-order valence-corrected chi connectivity index (χ3v) is 7.60. The van der Waals surface area contributed by atoms with Crippen molar-refractivity contribution < 1.29 is 15.0 Å². The molecule has 1 aromatic carbocycles. The number of hydrogen-bond donors (Lipinski definition) is 2. The molecule has 0 radical (unpaired) electrons. The smallest absolute Gasteiger partial charge is 0.330 e. The van der Waals surface area contributed by atoms with Crippen LogP contribution in [-0.4, -0.2) is 16.2 Å². The maximum Gasteiger partial charge on any atom is 0.330 e. The molecule has 0 amide bonds. The first kappa shape index (κ1) is 18.6. The average molecular weight is 575 g/mol. The summed E-state index contributed by atoms with van der Waals surface area (Å²) in [6.45, 7) is 4.60. The summed E-state index contributed by atoms with van der Waals surface area (Å²) in [4.78, 5) is 9.60. The molecule has 0 heterocycles. The maximum absolute atomic E-state index is 9.60. The van der Waals surface area contributed by atoms with Gasteiger partial charge in [-0.3, -0.25) is 0 Å². The van der Waals surface area contributed by atoms with Gasteiger partial charge in [-0.15, -0.1) is 0 Å². The zero-order valence-corrected chi connectivity index (χ0v) is 16.8. The molecule has 0 aliphatic carbocycles. The van der Waals surface area contributed by atoms with Crippen LogP contribution < -0.4 is 0 Å². The molecule has 0 aromatic heterocycles. The highest BCUT2D eigenvalue weighted by molar-refractivity contribution is 9.15. The summed E-state index contributed by atoms with van der Waals surface area (Å²) in [6, 6.07) is 0. The summed E-state index contributed by atoms with van der Waals surface area (Å²) in [5.74, 6) is -0.771. The summed E-state index contributed by atoms with van der Waals surface area (Å²) in [7, 11) is 0. The molecule has 2 N–H and O–H groups in total. The Morgan fingerprint density at radius 3 is 1.39 bits per heavy atom. The maximum atomic E-state index is 9.60. The lowest BCUT2D eigenvalue weighted by Crippen LogP contribution is -1.92. The molecule has 0 spiro atoms. The first-order valence-corrected chi connectivity index (χ1v) is 8.16. The van der Waals surface area contributed by atoms with Crippen LogP contribution in [-0.2, 0) is 4.79 Å². The molecule has 1 aromatic rings. The Hall–Kier alpha value is 0.630. The summed E-state index contributed by atoms with van der Waals surface area (Å²) < 4.78 is 3.62. The van der Waals surface area contributed by atoms with Gasteiger partial charge in [0.25, 0.3) is 0 Å². The van der Waals surface area contributed by atoms with Crippen LogP contribution in [0.2, 0.25) is 0 Å². The number of carbonyl (C=O) groups is 1. The highest BCUT2D eigenvalue weighted by Crippen LogP contribution is 2.47. The van der Waals surface area contributed by atoms with Crippen molar-refractivity contribution in [3.63, 3.8) is 0 Å². The van der Waals surface area contributed by atoms with Gasteiger partial charge in [0.05, 0.1) is 17.9 Å². The monoisotopic (exact) mass is 570 g/mol. The predicted molar refractivity (Wildman–Crippen MR) is 89.1 cm³/mol. The van der Waals surface area contributed by atoms with Crippen molar-refractivity contribution in [2.45, 2.75) is 6.92 Å². The molecule has 0 unspecified atom stereocenters. The number of rotatable bonds is 1. The van der Waals surface area contributed by atoms with Crippen LogP contribution in [0.15, 0.2) is 34.5 Å². The van der Waals surface area contributed by atoms with Gasteiger partial charge in [0.15, 0.2) is 0 Å². The van der Waals surface area contributed by atoms with Crippen LogP contribution in [0.4, 0.5) is 0 Å². The summed E-state index contributed by atoms with van der Waals surface area (Å²) in [6.07, 6.45) is 0. The van der Waals surface area contributed by atoms with Gasteiger partial charge in [-0.1, -0.05) is 6.58 Å². The molecule has 8 heteroatoms. The van der Waals surface area contributed by atoms with E-state index in [1.54, 1.807) is 0 Å². The molecule has 0 fully saturated rings. The second-order valence-corrected chi connectivity index (χ2v) is 6.97. The number of carboxylic acid groups (broad SMARTS) is 1. The summed E-state index contributed by atoms with van der Waals surface area (Å²) in [5, 5.41) is 17.4. The zero-order valence-electron chi connectivity index (χ0n) is 8.90. The second kappa shape index (κ2) is 8.04. The van der Waals surface area contributed by atoms with Crippen molar-refractivity contribution in [1.82, 2.24) is 0 Å². The Kier molecular flexibility index (Phi) is 8.32. The first-order valence-electron chi connectivity index (χ1n) is 4.20. The van der Waals surface area contributed by atoms with E-state index in [1.165, 1.54) is 6.92 Å². The highest BCUT2D eigenvalue weighted by Gasteiger charge is 2.16. The number of hydrogen-bond acceptors (Lipinski definition) is 2. The van der Waals surface area contributed by atoms with Crippen molar-refractivity contribution in [3.8, 4) is 5.75 Å². The molecule has 18 heavy (non-hydrogen) atoms. The topological polar surface area (TPSA) is 57.5 Å². The van der Waals surface area contributed by atoms with Crippen molar-refractivity contribution in [2.75, 3.05) is 0 Å². The first-order chi connectivity index (χ1) is 8.11. The van der Waals surface area contributed by atoms with E-state index in [9.17, 15) is 9.90 Å². The Morgan fingerprint density at radius 2 is 1.17 bits per heavy atom. The number of aliphatic carboxylic acids is 1. The van der Waals surface area contributed by atoms with Crippen LogP contribution in [0, 0.1) is 0 Å². The number of halogens is 5. The fourth-order valence-corrected chi connectivity index (χ4v) is 3.62. The predicted octanol–water partition coefficient (Wildman–Crippen LogP) is 5.85. The SMILES string of the molecule is C=C(C)C(=O)O.Oc1c(Br)c(Br)c(Br)c(Br)c1Br. The fourth-order valence-electron chi connectivity index (χ4n) is 0.593. The zero-order chi connectivity index (χ0) is 14.6. The molecule has 1 rings (SSSR count). The third-order valence-electron chi connectivity index (χ3n) is 1.55. The molecule has 0 saturated carbocycles. The molecular weight excluding hydrogens is 568 g/mol. The number of phenols is 1. The van der Waals surface area contributed by atoms with Crippen LogP contribution in [0.5, 0.6) is 5.75 Å². The van der Waals surface area contributed by atoms with E-state index in [-0.39, 0.29) is 11.3 Å². The van der Waals surface area contributed by atoms with Crippen LogP contribution in [0.3, 0.4) is 0 Å². The normalized spacial score (nSPS) is 9.44. The Bertz CT molecular complexity index is 382. The minimum Gasteiger partial charge on any atom is -0.505 e. The number of benzene rings is 1. The number of phenolic OH excluding ortho intramolecular Hbond substituents is 1. The van der Waals surface area contributed by atoms with E-state index in [1.807, 2.05) is 0 Å². The number of carboxylic acids is 1. The van der Waals surface area contributed by atoms with E-state index in [0.717, 1.165) is 13.4 Å². The lowest BCUT2D eigenvalue weighted by atomic mass is 10.3. The van der Waals surface area contributed by atoms with Gasteiger partial charge in [0, 0.05) is 10.0 Å². The van der Waals surface area contributed by atoms with E-state index in [0.29, 0.717) is 8.95 Å². The molecule has 100 valence electrons. The lowest BCUT2D eigenvalue weighted by molar-refractivity contribution is -0.132. The van der Waals surface area contributed by atoms with Crippen molar-refractivity contribution in [2.24, 2.45) is 0 Å². The minimum atomic E-state index is -0.935. The van der Waals surface area contributed by atoms with Crippen molar-refractivity contribution in [1.29, 1.82) is 0 Å². The summed E-state index contributed by atoms with van der Waals surface area (Å²) >= 11 is 16.4. The van der Waals surface area contributed by atoms with Gasteiger partial charge in [-0.25, -0.2) is 4.79 Å². The van der Waals surface area contributed by atoms with E-state index in [2.05, 4.69) is 86.2 Å². The quantitative estimate of drug-likeness (QED) is 0.251. The van der Waals surface area contributed by atoms with Crippen LogP contribution in [0.1, 0.15) is 6.92 Å². The van der Waals surface area contributed by atoms with Gasteiger partial charge >= 0.3 is 5.97 Å². The Balaban J connectivity index is 0.000000411. The Morgan fingerprint density at radius 1 is 0.944 bits per heavy atom. The largest absolute Gasteiger partial charge is 0.505 e. The van der Waals surface area contributed by atoms with Crippen molar-refractivity contribution in [3.05, 3.63) is 34.5 Å². The van der Waals surface area contributed by atoms with Crippen molar-refractivity contribution >= 4 is 85.6 Å². The van der Waals surface area contributed by atoms with E-state index >= 15 is 0 Å². The summed E-state index contributed by atoms with van der Waals surface area (Å²) in [5.41, 5.74) is 0.176. The third kappa shape index (κ3) is 4.96. The molecular formula is C10H7Br5O3. The number of aromatic hydroxyl groups is 1. The van der Waals surface area contributed by atoms with Gasteiger partial charge in [0.2, 0.25) is 0 Å². The molecule has 0 aliphatic rings. The standard InChI is InChI=1S/C6HBr5O.C4H6O2/c7-1-2(8)4(10)6(12)5(11)3(1)9;1-3(2)4(5)6/h12H;1H2,2H3,(H,5,6). The van der Waals surface area contributed by atoms with Gasteiger partial charge in [-0.2, -0.15) is 0 Å². The molecule has 0 aliphatic heterocycles. The average Bonchev–Trinajstić information content (AvgIpc) is 2.32. The highest BCUT2D eigenvalue weighted by atomic mass is 79.9. The lowest BCUT2D eigenvalue weighted by Gasteiger charge is -2.07. The van der Waals surface area contributed by atoms with E-state index in [4.69, 9.17) is 5.11 Å². The molecule has 0 atom stereocenters. The fraction of sp³-hybridized carbons (Fsp3) is 0.100.